The number of carboxylic acids is 1. The number of nitrogens with zero attached hydrogens (tertiary/aromatic N) is 2. The lowest BCUT2D eigenvalue weighted by Crippen LogP contribution is -2.56. The molecule has 3 aliphatic heterocycles. The van der Waals surface area contributed by atoms with E-state index in [4.69, 9.17) is 0 Å². The maximum Gasteiger partial charge on any atom is 0.306 e. The van der Waals surface area contributed by atoms with Gasteiger partial charge in [0.2, 0.25) is 11.8 Å². The molecule has 2 aromatic carbocycles. The Kier molecular flexibility index (Phi) is 5.51. The number of carbonyl (C=O) groups is 4. The van der Waals surface area contributed by atoms with E-state index in [1.807, 2.05) is 42.5 Å². The number of carbonyl (C=O) groups excluding carboxylic acids is 3. The quantitative estimate of drug-likeness (QED) is 0.508. The Labute approximate surface area is 213 Å². The number of benzene rings is 2. The molecule has 1 fully saturated rings. The number of aromatic amines is 1. The minimum Gasteiger partial charge on any atom is -0.481 e. The van der Waals surface area contributed by atoms with Gasteiger partial charge in [0.1, 0.15) is 12.1 Å². The van der Waals surface area contributed by atoms with E-state index < -0.39 is 30.0 Å². The number of hydrogen-bond donors (Lipinski definition) is 3. The molecule has 0 aliphatic carbocycles. The molecule has 0 bridgehead atoms. The second-order valence-corrected chi connectivity index (χ2v) is 10.2. The first-order chi connectivity index (χ1) is 17.8. The Bertz CT molecular complexity index is 1440. The van der Waals surface area contributed by atoms with Crippen LogP contribution in [0.4, 0.5) is 0 Å². The summed E-state index contributed by atoms with van der Waals surface area (Å²) in [5, 5.41) is 13.1. The fraction of sp³-hybridized carbons (Fsp3) is 0.357. The molecule has 3 unspecified atom stereocenters. The summed E-state index contributed by atoms with van der Waals surface area (Å²) >= 11 is 0. The van der Waals surface area contributed by atoms with Crippen molar-refractivity contribution in [1.29, 1.82) is 0 Å². The Morgan fingerprint density at radius 3 is 2.51 bits per heavy atom. The largest absolute Gasteiger partial charge is 0.481 e. The highest BCUT2D eigenvalue weighted by atomic mass is 16.4. The van der Waals surface area contributed by atoms with E-state index in [1.54, 1.807) is 22.8 Å². The van der Waals surface area contributed by atoms with E-state index in [1.165, 1.54) is 0 Å². The van der Waals surface area contributed by atoms with Crippen LogP contribution in [0.3, 0.4) is 0 Å². The van der Waals surface area contributed by atoms with Crippen LogP contribution < -0.4 is 5.32 Å². The van der Waals surface area contributed by atoms with Gasteiger partial charge in [-0.2, -0.15) is 0 Å². The lowest BCUT2D eigenvalue weighted by atomic mass is 9.90. The van der Waals surface area contributed by atoms with Gasteiger partial charge in [0.25, 0.3) is 5.91 Å². The topological polar surface area (TPSA) is 123 Å². The molecule has 0 spiro atoms. The number of aliphatic carboxylic acids is 1. The molecule has 0 radical (unpaired) electrons. The number of nitrogens with one attached hydrogen (secondary N) is 2. The lowest BCUT2D eigenvalue weighted by Gasteiger charge is -2.38. The number of para-hydroxylation sites is 1. The van der Waals surface area contributed by atoms with Gasteiger partial charge in [0.05, 0.1) is 12.0 Å². The zero-order valence-corrected chi connectivity index (χ0v) is 20.4. The van der Waals surface area contributed by atoms with Crippen molar-refractivity contribution in [3.8, 4) is 0 Å². The van der Waals surface area contributed by atoms with Crippen LogP contribution in [0.25, 0.3) is 10.9 Å². The number of piperidine rings is 1. The molecule has 190 valence electrons. The lowest BCUT2D eigenvalue weighted by molar-refractivity contribution is -0.146. The molecule has 3 amide bonds. The summed E-state index contributed by atoms with van der Waals surface area (Å²) in [4.78, 5) is 58.3. The SMILES string of the molecule is CC(NC(=O)C1Cc2c([nH]c3ccccc23)C2c3ccccc3C(=O)N12)C(=O)N1CCC(C(=O)O)CC1. The van der Waals surface area contributed by atoms with Gasteiger partial charge in [-0.15, -0.1) is 0 Å². The van der Waals surface area contributed by atoms with Crippen molar-refractivity contribution in [2.24, 2.45) is 5.92 Å². The van der Waals surface area contributed by atoms with E-state index in [9.17, 15) is 24.3 Å². The first-order valence-electron chi connectivity index (χ1n) is 12.7. The zero-order valence-electron chi connectivity index (χ0n) is 20.4. The molecule has 9 nitrogen and oxygen atoms in total. The van der Waals surface area contributed by atoms with Crippen LogP contribution in [0, 0.1) is 5.92 Å². The summed E-state index contributed by atoms with van der Waals surface area (Å²) in [7, 11) is 0. The van der Waals surface area contributed by atoms with Crippen molar-refractivity contribution in [1.82, 2.24) is 20.1 Å². The van der Waals surface area contributed by atoms with Crippen LogP contribution in [0.1, 0.15) is 53.0 Å². The van der Waals surface area contributed by atoms with Gasteiger partial charge >= 0.3 is 5.97 Å². The number of rotatable bonds is 4. The maximum absolute atomic E-state index is 13.7. The average Bonchev–Trinajstić information content (AvgIpc) is 3.43. The fourth-order valence-corrected chi connectivity index (χ4v) is 6.13. The second-order valence-electron chi connectivity index (χ2n) is 10.2. The molecule has 3 aromatic rings. The Balaban J connectivity index is 1.28. The molecule has 37 heavy (non-hydrogen) atoms. The predicted octanol–water partition coefficient (Wildman–Crippen LogP) is 2.47. The normalized spacial score (nSPS) is 21.8. The highest BCUT2D eigenvalue weighted by molar-refractivity contribution is 6.04. The minimum absolute atomic E-state index is 0.195. The number of hydrogen-bond acceptors (Lipinski definition) is 4. The van der Waals surface area contributed by atoms with Gasteiger partial charge in [-0.1, -0.05) is 36.4 Å². The molecule has 9 heteroatoms. The number of fused-ring (bicyclic) bond motifs is 7. The monoisotopic (exact) mass is 500 g/mol. The van der Waals surface area contributed by atoms with Gasteiger partial charge in [0.15, 0.2) is 0 Å². The van der Waals surface area contributed by atoms with Gasteiger partial charge in [-0.3, -0.25) is 19.2 Å². The Morgan fingerprint density at radius 2 is 1.76 bits per heavy atom. The third-order valence-corrected chi connectivity index (χ3v) is 8.04. The second kappa shape index (κ2) is 8.76. The highest BCUT2D eigenvalue weighted by Crippen LogP contribution is 2.46. The van der Waals surface area contributed by atoms with Crippen LogP contribution in [0.15, 0.2) is 48.5 Å². The standard InChI is InChI=1S/C28H28N4O5/c1-15(26(34)31-12-10-16(11-13-31)28(36)37)29-25(33)22-14-20-17-6-4-5-9-21(17)30-23(20)24-18-7-2-3-8-19(18)27(35)32(22)24/h2-9,15-16,22,24,30H,10-14H2,1H3,(H,29,33)(H,36,37). The average molecular weight is 501 g/mol. The third-order valence-electron chi connectivity index (χ3n) is 8.04. The van der Waals surface area contributed by atoms with Crippen molar-refractivity contribution in [2.75, 3.05) is 13.1 Å². The van der Waals surface area contributed by atoms with E-state index in [0.717, 1.165) is 27.7 Å². The summed E-state index contributed by atoms with van der Waals surface area (Å²) < 4.78 is 0. The maximum atomic E-state index is 13.7. The van der Waals surface area contributed by atoms with Crippen LogP contribution >= 0.6 is 0 Å². The first kappa shape index (κ1) is 23.3. The van der Waals surface area contributed by atoms with E-state index in [0.29, 0.717) is 37.9 Å². The van der Waals surface area contributed by atoms with Crippen molar-refractivity contribution >= 4 is 34.6 Å². The molecule has 4 heterocycles. The first-order valence-corrected chi connectivity index (χ1v) is 12.7. The summed E-state index contributed by atoms with van der Waals surface area (Å²) in [5.74, 6) is -2.09. The molecule has 3 atom stereocenters. The van der Waals surface area contributed by atoms with E-state index in [-0.39, 0.29) is 17.7 Å². The summed E-state index contributed by atoms with van der Waals surface area (Å²) in [6.45, 7) is 2.34. The van der Waals surface area contributed by atoms with Gasteiger partial charge in [0, 0.05) is 41.7 Å². The number of likely N-dealkylation sites (tertiary alicyclic amines) is 1. The smallest absolute Gasteiger partial charge is 0.306 e. The molecule has 3 N–H and O–H groups in total. The summed E-state index contributed by atoms with van der Waals surface area (Å²) in [6, 6.07) is 13.4. The van der Waals surface area contributed by atoms with Crippen molar-refractivity contribution in [3.63, 3.8) is 0 Å². The van der Waals surface area contributed by atoms with Gasteiger partial charge < -0.3 is 25.2 Å². The summed E-state index contributed by atoms with van der Waals surface area (Å²) in [6.07, 6.45) is 1.14. The molecule has 1 aromatic heterocycles. The Morgan fingerprint density at radius 1 is 1.05 bits per heavy atom. The Hall–Kier alpha value is -4.14. The van der Waals surface area contributed by atoms with Gasteiger partial charge in [-0.05, 0) is 43.0 Å². The molecule has 3 aliphatic rings. The molecule has 0 saturated carbocycles. The summed E-state index contributed by atoms with van der Waals surface area (Å²) in [5.41, 5.74) is 4.34. The van der Waals surface area contributed by atoms with Crippen molar-refractivity contribution in [3.05, 3.63) is 70.9 Å². The van der Waals surface area contributed by atoms with Crippen LogP contribution in [0.5, 0.6) is 0 Å². The predicted molar refractivity (Wildman–Crippen MR) is 135 cm³/mol. The van der Waals surface area contributed by atoms with Crippen molar-refractivity contribution in [2.45, 2.75) is 44.3 Å². The van der Waals surface area contributed by atoms with E-state index >= 15 is 0 Å². The number of carboxylic acid groups (broad SMARTS) is 1. The van der Waals surface area contributed by atoms with Crippen LogP contribution in [-0.4, -0.2) is 68.8 Å². The molecule has 6 rings (SSSR count). The van der Waals surface area contributed by atoms with Crippen LogP contribution in [0.2, 0.25) is 0 Å². The number of aromatic nitrogens is 1. The highest BCUT2D eigenvalue weighted by Gasteiger charge is 2.49. The van der Waals surface area contributed by atoms with Crippen molar-refractivity contribution < 1.29 is 24.3 Å². The minimum atomic E-state index is -0.840. The number of H-pyrrole nitrogens is 1. The number of amides is 3. The fourth-order valence-electron chi connectivity index (χ4n) is 6.13. The third kappa shape index (κ3) is 3.68. The van der Waals surface area contributed by atoms with Crippen LogP contribution in [-0.2, 0) is 20.8 Å². The molecular formula is C28H28N4O5. The van der Waals surface area contributed by atoms with E-state index in [2.05, 4.69) is 10.3 Å². The van der Waals surface area contributed by atoms with Gasteiger partial charge in [-0.25, -0.2) is 0 Å². The zero-order chi connectivity index (χ0) is 25.8. The molecular weight excluding hydrogens is 472 g/mol. The molecule has 1 saturated heterocycles.